The molecule has 12 heteroatoms. The number of ether oxygens (including phenoxy) is 1. The molecule has 1 N–H and O–H groups in total. The maximum atomic E-state index is 13.8. The molecule has 2 aliphatic rings. The lowest BCUT2D eigenvalue weighted by Crippen LogP contribution is -2.57. The zero-order valence-electron chi connectivity index (χ0n) is 21.1. The van der Waals surface area contributed by atoms with Crippen molar-refractivity contribution in [1.82, 2.24) is 19.6 Å². The number of hydrogen-bond acceptors (Lipinski definition) is 9. The fraction of sp³-hybridized carbons (Fsp3) is 0.440. The summed E-state index contributed by atoms with van der Waals surface area (Å²) in [5.41, 5.74) is 0.947. The van der Waals surface area contributed by atoms with Crippen molar-refractivity contribution in [3.05, 3.63) is 44.7 Å². The molecular weight excluding hydrogens is 514 g/mol. The highest BCUT2D eigenvalue weighted by atomic mass is 32.2. The molecule has 196 valence electrons. The Labute approximate surface area is 224 Å². The van der Waals surface area contributed by atoms with E-state index in [1.807, 2.05) is 26.8 Å². The molecule has 2 fully saturated rings. The Hall–Kier alpha value is -3.25. The minimum Gasteiger partial charge on any atom is -0.466 e. The first-order chi connectivity index (χ1) is 17.6. The zero-order chi connectivity index (χ0) is 26.9. The molecule has 37 heavy (non-hydrogen) atoms. The monoisotopic (exact) mass is 543 g/mol. The number of nitrogens with zero attached hydrogens (tertiary/aromatic N) is 4. The van der Waals surface area contributed by atoms with Gasteiger partial charge in [0.2, 0.25) is 5.91 Å². The van der Waals surface area contributed by atoms with E-state index >= 15 is 0 Å². The van der Waals surface area contributed by atoms with Crippen LogP contribution < -0.4 is 15.8 Å². The van der Waals surface area contributed by atoms with Gasteiger partial charge >= 0.3 is 5.97 Å². The van der Waals surface area contributed by atoms with E-state index in [1.165, 1.54) is 15.4 Å². The van der Waals surface area contributed by atoms with Crippen LogP contribution in [0, 0.1) is 12.8 Å². The Morgan fingerprint density at radius 1 is 1.35 bits per heavy atom. The van der Waals surface area contributed by atoms with Gasteiger partial charge in [-0.3, -0.25) is 28.5 Å². The molecule has 0 unspecified atom stereocenters. The summed E-state index contributed by atoms with van der Waals surface area (Å²) in [4.78, 5) is 60.5. The number of fused-ring (bicyclic) bond motifs is 1. The summed E-state index contributed by atoms with van der Waals surface area (Å²) in [6.45, 7) is 8.80. The second-order valence-electron chi connectivity index (χ2n) is 9.23. The molecule has 0 radical (unpaired) electrons. The van der Waals surface area contributed by atoms with Crippen LogP contribution in [-0.2, 0) is 19.1 Å². The summed E-state index contributed by atoms with van der Waals surface area (Å²) >= 11 is 6.57. The third-order valence-corrected chi connectivity index (χ3v) is 7.41. The maximum absolute atomic E-state index is 13.8. The predicted octanol–water partition coefficient (Wildman–Crippen LogP) is 2.12. The molecule has 10 nitrogen and oxygen atoms in total. The normalized spacial score (nSPS) is 19.3. The molecule has 1 atom stereocenters. The second kappa shape index (κ2) is 11.0. The van der Waals surface area contributed by atoms with Crippen molar-refractivity contribution in [3.63, 3.8) is 0 Å². The number of aromatic nitrogens is 2. The van der Waals surface area contributed by atoms with Gasteiger partial charge in [-0.2, -0.15) is 0 Å². The quantitative estimate of drug-likeness (QED) is 0.319. The Balaban J connectivity index is 1.88. The number of thiocarbonyl (C=S) groups is 1. The number of esters is 1. The number of anilines is 1. The van der Waals surface area contributed by atoms with Crippen LogP contribution in [0.25, 0.3) is 11.7 Å². The van der Waals surface area contributed by atoms with Crippen LogP contribution in [0.4, 0.5) is 5.82 Å². The molecule has 0 spiro atoms. The third kappa shape index (κ3) is 5.40. The lowest BCUT2D eigenvalue weighted by molar-refractivity contribution is -0.145. The number of nitrogens with one attached hydrogen (secondary N) is 1. The molecule has 2 aromatic heterocycles. The van der Waals surface area contributed by atoms with Crippen LogP contribution in [-0.4, -0.2) is 68.7 Å². The van der Waals surface area contributed by atoms with E-state index in [1.54, 1.807) is 24.1 Å². The van der Waals surface area contributed by atoms with Gasteiger partial charge in [0.05, 0.1) is 23.5 Å². The van der Waals surface area contributed by atoms with Crippen molar-refractivity contribution in [3.8, 4) is 0 Å². The lowest BCUT2D eigenvalue weighted by atomic mass is 10.1. The highest BCUT2D eigenvalue weighted by molar-refractivity contribution is 8.26. The number of carbonyl (C=O) groups is 3. The number of aryl methyl sites for hydroxylation is 1. The van der Waals surface area contributed by atoms with Crippen LogP contribution >= 0.6 is 24.0 Å². The third-order valence-electron chi connectivity index (χ3n) is 6.03. The van der Waals surface area contributed by atoms with Crippen molar-refractivity contribution in [1.29, 1.82) is 0 Å². The van der Waals surface area contributed by atoms with Gasteiger partial charge in [-0.25, -0.2) is 4.98 Å². The predicted molar refractivity (Wildman–Crippen MR) is 146 cm³/mol. The molecule has 2 amide bonds. The second-order valence-corrected chi connectivity index (χ2v) is 10.9. The molecule has 2 aliphatic heterocycles. The summed E-state index contributed by atoms with van der Waals surface area (Å²) in [6.07, 6.45) is 2.92. The number of hydrogen-bond donors (Lipinski definition) is 1. The van der Waals surface area contributed by atoms with E-state index in [-0.39, 0.29) is 42.1 Å². The van der Waals surface area contributed by atoms with Crippen molar-refractivity contribution in [2.45, 2.75) is 40.2 Å². The number of thioether (sulfide) groups is 1. The van der Waals surface area contributed by atoms with Crippen molar-refractivity contribution in [2.24, 2.45) is 5.92 Å². The minimum atomic E-state index is -0.922. The maximum Gasteiger partial charge on any atom is 0.308 e. The number of piperazine rings is 1. The fourth-order valence-corrected chi connectivity index (χ4v) is 5.61. The summed E-state index contributed by atoms with van der Waals surface area (Å²) in [6, 6.07) is 2.66. The van der Waals surface area contributed by atoms with E-state index in [4.69, 9.17) is 21.9 Å². The van der Waals surface area contributed by atoms with E-state index < -0.39 is 17.6 Å². The zero-order valence-corrected chi connectivity index (χ0v) is 22.8. The average molecular weight is 544 g/mol. The Morgan fingerprint density at radius 3 is 2.81 bits per heavy atom. The van der Waals surface area contributed by atoms with E-state index in [0.29, 0.717) is 34.5 Å². The van der Waals surface area contributed by atoms with Gasteiger partial charge in [0.15, 0.2) is 0 Å². The van der Waals surface area contributed by atoms with Gasteiger partial charge in [-0.15, -0.1) is 0 Å². The van der Waals surface area contributed by atoms with E-state index in [9.17, 15) is 19.2 Å². The molecule has 2 saturated heterocycles. The Morgan fingerprint density at radius 2 is 2.11 bits per heavy atom. The molecule has 4 heterocycles. The number of carbonyl (C=O) groups excluding carboxylic acids is 3. The number of rotatable bonds is 7. The Kier molecular flexibility index (Phi) is 7.98. The highest BCUT2D eigenvalue weighted by Gasteiger charge is 2.37. The largest absolute Gasteiger partial charge is 0.466 e. The average Bonchev–Trinajstić information content (AvgIpc) is 3.09. The topological polar surface area (TPSA) is 113 Å². The first kappa shape index (κ1) is 26.8. The SMILES string of the molecule is CCOC(=O)C[C@@H]1C(=O)NCCN1c1nc2c(C)cccn2c(=O)c1/C=C1\SC(=S)N(CC(C)C)C1=O. The van der Waals surface area contributed by atoms with E-state index in [2.05, 4.69) is 5.32 Å². The van der Waals surface area contributed by atoms with Crippen LogP contribution in [0.1, 0.15) is 38.3 Å². The molecule has 0 aliphatic carbocycles. The fourth-order valence-electron chi connectivity index (χ4n) is 4.35. The van der Waals surface area contributed by atoms with Gasteiger partial charge in [0.1, 0.15) is 21.8 Å². The van der Waals surface area contributed by atoms with Crippen molar-refractivity contribution >= 4 is 63.6 Å². The van der Waals surface area contributed by atoms with Crippen LogP contribution in [0.3, 0.4) is 0 Å². The smallest absolute Gasteiger partial charge is 0.308 e. The number of pyridine rings is 1. The standard InChI is InChI=1S/C25H29N5O5S2/c1-5-35-19(31)12-17-22(32)26-8-10-28(17)21-16(23(33)29-9-6-7-15(4)20(29)27-21)11-18-24(34)30(13-14(2)3)25(36)37-18/h6-7,9,11,14,17H,5,8,10,12-13H2,1-4H3,(H,26,32)/b18-11-/t17-/m1/s1. The van der Waals surface area contributed by atoms with Crippen molar-refractivity contribution in [2.75, 3.05) is 31.1 Å². The van der Waals surface area contributed by atoms with Gasteiger partial charge in [-0.1, -0.05) is 43.9 Å². The van der Waals surface area contributed by atoms with Gasteiger partial charge in [0.25, 0.3) is 11.5 Å². The minimum absolute atomic E-state index is 0.150. The molecular formula is C25H29N5O5S2. The van der Waals surface area contributed by atoms with Crippen LogP contribution in [0.5, 0.6) is 0 Å². The Bertz CT molecular complexity index is 1370. The summed E-state index contributed by atoms with van der Waals surface area (Å²) in [7, 11) is 0. The molecule has 0 saturated carbocycles. The highest BCUT2D eigenvalue weighted by Crippen LogP contribution is 2.34. The van der Waals surface area contributed by atoms with Crippen LogP contribution in [0.15, 0.2) is 28.0 Å². The van der Waals surface area contributed by atoms with Gasteiger partial charge in [0, 0.05) is 25.8 Å². The van der Waals surface area contributed by atoms with Gasteiger partial charge < -0.3 is 15.0 Å². The summed E-state index contributed by atoms with van der Waals surface area (Å²) in [5.74, 6) is -0.719. The number of amides is 2. The molecule has 0 bridgehead atoms. The summed E-state index contributed by atoms with van der Waals surface area (Å²) < 4.78 is 6.93. The first-order valence-electron chi connectivity index (χ1n) is 12.1. The molecule has 4 rings (SSSR count). The molecule has 0 aromatic carbocycles. The first-order valence-corrected chi connectivity index (χ1v) is 13.3. The summed E-state index contributed by atoms with van der Waals surface area (Å²) in [5, 5.41) is 2.77. The van der Waals surface area contributed by atoms with Crippen molar-refractivity contribution < 1.29 is 19.1 Å². The van der Waals surface area contributed by atoms with Gasteiger partial charge in [-0.05, 0) is 37.5 Å². The lowest BCUT2D eigenvalue weighted by Gasteiger charge is -2.36. The van der Waals surface area contributed by atoms with Crippen LogP contribution in [0.2, 0.25) is 0 Å². The molecule has 2 aromatic rings. The van der Waals surface area contributed by atoms with E-state index in [0.717, 1.165) is 17.3 Å².